The zero-order valence-electron chi connectivity index (χ0n) is 16.8. The van der Waals surface area contributed by atoms with Crippen molar-refractivity contribution >= 4 is 32.1 Å². The van der Waals surface area contributed by atoms with Gasteiger partial charge >= 0.3 is 0 Å². The topological polar surface area (TPSA) is 134 Å². The summed E-state index contributed by atoms with van der Waals surface area (Å²) in [5, 5.41) is 5.78. The van der Waals surface area contributed by atoms with Crippen molar-refractivity contribution in [2.45, 2.75) is 26.7 Å². The van der Waals surface area contributed by atoms with Crippen LogP contribution in [0.2, 0.25) is 0 Å². The number of rotatable bonds is 11. The maximum atomic E-state index is 11.2. The van der Waals surface area contributed by atoms with Crippen LogP contribution in [0, 0.1) is 0 Å². The Morgan fingerprint density at radius 2 is 1.70 bits per heavy atom. The van der Waals surface area contributed by atoms with Gasteiger partial charge in [-0.05, 0) is 38.1 Å². The lowest BCUT2D eigenvalue weighted by Crippen LogP contribution is -2.19. The predicted octanol–water partition coefficient (Wildman–Crippen LogP) is 3.25. The normalized spacial score (nSPS) is 15.2. The quantitative estimate of drug-likeness (QED) is 0.406. The number of allylic oxidation sites excluding steroid dienone is 2. The van der Waals surface area contributed by atoms with E-state index in [0.717, 1.165) is 28.6 Å². The Morgan fingerprint density at radius 1 is 1.00 bits per heavy atom. The van der Waals surface area contributed by atoms with E-state index in [9.17, 15) is 23.8 Å². The zero-order chi connectivity index (χ0) is 22.2. The number of anilines is 1. The van der Waals surface area contributed by atoms with Crippen molar-refractivity contribution in [1.82, 2.24) is 0 Å². The maximum Gasteiger partial charge on any atom is 0.272 e. The maximum absolute atomic E-state index is 11.2. The van der Waals surface area contributed by atoms with E-state index in [4.69, 9.17) is 0 Å². The highest BCUT2D eigenvalue weighted by Gasteiger charge is 2.10. The summed E-state index contributed by atoms with van der Waals surface area (Å²) in [5.41, 5.74) is 3.08. The first-order valence-corrected chi connectivity index (χ1v) is 12.2. The van der Waals surface area contributed by atoms with Crippen molar-refractivity contribution in [3.63, 3.8) is 0 Å². The van der Waals surface area contributed by atoms with E-state index in [-0.39, 0.29) is 0 Å². The molecule has 2 aromatic rings. The van der Waals surface area contributed by atoms with Gasteiger partial charge in [0.2, 0.25) is 0 Å². The van der Waals surface area contributed by atoms with Gasteiger partial charge in [-0.25, -0.2) is 0 Å². The molecule has 0 aliphatic heterocycles. The third-order valence-electron chi connectivity index (χ3n) is 4.24. The van der Waals surface area contributed by atoms with Crippen molar-refractivity contribution in [1.29, 1.82) is 0 Å². The first-order chi connectivity index (χ1) is 14.1. The van der Waals surface area contributed by atoms with Gasteiger partial charge in [-0.15, -0.1) is 0 Å². The van der Waals surface area contributed by atoms with Gasteiger partial charge < -0.3 is 29.1 Å². The molecule has 8 nitrogen and oxygen atoms in total. The molecule has 2 rings (SSSR count). The monoisotopic (exact) mass is 452 g/mol. The first-order valence-electron chi connectivity index (χ1n) is 9.28. The second-order valence-electron chi connectivity index (χ2n) is 6.79. The minimum atomic E-state index is -5.66. The van der Waals surface area contributed by atoms with Crippen LogP contribution in [0.25, 0.3) is 10.8 Å². The highest BCUT2D eigenvalue weighted by molar-refractivity contribution is 7.58. The van der Waals surface area contributed by atoms with Crippen molar-refractivity contribution < 1.29 is 32.6 Å². The van der Waals surface area contributed by atoms with Gasteiger partial charge in [0, 0.05) is 17.6 Å². The highest BCUT2D eigenvalue weighted by Crippen LogP contribution is 2.50. The number of phosphoric ester groups is 1. The minimum absolute atomic E-state index is 0.405. The molecule has 0 aliphatic carbocycles. The molecule has 1 atom stereocenters. The molecule has 0 radical (unpaired) electrons. The number of hydrogen-bond acceptors (Lipinski definition) is 8. The molecule has 1 N–H and O–H groups in total. The smallest absolute Gasteiger partial charge is 0.272 e. The van der Waals surface area contributed by atoms with Gasteiger partial charge in [-0.1, -0.05) is 59.7 Å². The van der Waals surface area contributed by atoms with Gasteiger partial charge in [0.25, 0.3) is 7.82 Å². The zero-order valence-corrected chi connectivity index (χ0v) is 18.6. The van der Waals surface area contributed by atoms with Crippen LogP contribution in [-0.4, -0.2) is 13.2 Å². The largest absolute Gasteiger partial charge is 0.790 e. The lowest BCUT2D eigenvalue weighted by Gasteiger charge is -2.34. The molecule has 1 unspecified atom stereocenters. The van der Waals surface area contributed by atoms with Crippen molar-refractivity contribution in [3.8, 4) is 0 Å². The molecule has 0 spiro atoms. The molecule has 10 heteroatoms. The summed E-state index contributed by atoms with van der Waals surface area (Å²) in [4.78, 5) is 31.8. The van der Waals surface area contributed by atoms with E-state index in [1.54, 1.807) is 6.92 Å². The van der Waals surface area contributed by atoms with Crippen LogP contribution in [0.5, 0.6) is 0 Å². The highest BCUT2D eigenvalue weighted by atomic mass is 31.3. The van der Waals surface area contributed by atoms with E-state index in [2.05, 4.69) is 38.4 Å². The molecule has 0 aliphatic rings. The van der Waals surface area contributed by atoms with Gasteiger partial charge in [0.05, 0.1) is 14.4 Å². The van der Waals surface area contributed by atoms with Gasteiger partial charge in [0.15, 0.2) is 0 Å². The van der Waals surface area contributed by atoms with Gasteiger partial charge in [0.1, 0.15) is 0 Å². The van der Waals surface area contributed by atoms with E-state index >= 15 is 0 Å². The molecule has 0 saturated carbocycles. The number of benzene rings is 2. The summed E-state index contributed by atoms with van der Waals surface area (Å²) in [6, 6.07) is 14.3. The lowest BCUT2D eigenvalue weighted by atomic mass is 10.1. The molecular weight excluding hydrogens is 428 g/mol. The minimum Gasteiger partial charge on any atom is -0.790 e. The van der Waals surface area contributed by atoms with Crippen molar-refractivity contribution in [3.05, 3.63) is 65.8 Å². The van der Waals surface area contributed by atoms with Crippen LogP contribution < -0.4 is 20.0 Å². The number of nitrogens with one attached hydrogen (secondary N) is 1. The molecule has 0 heterocycles. The van der Waals surface area contributed by atoms with Crippen LogP contribution in [0.3, 0.4) is 0 Å². The SMILES string of the molecule is C/C(=C\COP(=O)([O-])OP(=O)([O-])[O-])CC/C=C(\C)CNc1cccc2ccccc12. The van der Waals surface area contributed by atoms with Crippen LogP contribution in [0.15, 0.2) is 65.8 Å². The van der Waals surface area contributed by atoms with Crippen LogP contribution in [0.4, 0.5) is 5.69 Å². The summed E-state index contributed by atoms with van der Waals surface area (Å²) in [6.07, 6.45) is 4.99. The third-order valence-corrected chi connectivity index (χ3v) is 6.31. The summed E-state index contributed by atoms with van der Waals surface area (Å²) in [5.74, 6) is 0. The average molecular weight is 452 g/mol. The van der Waals surface area contributed by atoms with E-state index in [0.29, 0.717) is 13.0 Å². The third kappa shape index (κ3) is 8.94. The second-order valence-corrected chi connectivity index (χ2v) is 9.49. The number of hydrogen-bond donors (Lipinski definition) is 1. The molecule has 0 amide bonds. The van der Waals surface area contributed by atoms with Gasteiger partial charge in [-0.2, -0.15) is 0 Å². The van der Waals surface area contributed by atoms with E-state index in [1.165, 1.54) is 11.5 Å². The van der Waals surface area contributed by atoms with E-state index in [1.807, 2.05) is 31.2 Å². The summed E-state index contributed by atoms with van der Waals surface area (Å²) in [6.45, 7) is 4.11. The fourth-order valence-corrected chi connectivity index (χ4v) is 4.18. The summed E-state index contributed by atoms with van der Waals surface area (Å²) >= 11 is 0. The molecular formula is C20H24NO7P2-3. The molecule has 0 aromatic heterocycles. The molecule has 0 bridgehead atoms. The first kappa shape index (κ1) is 24.5. The van der Waals surface area contributed by atoms with Crippen LogP contribution in [-0.2, 0) is 18.0 Å². The van der Waals surface area contributed by atoms with Crippen molar-refractivity contribution in [2.24, 2.45) is 0 Å². The second kappa shape index (κ2) is 11.0. The number of phosphoric acid groups is 2. The van der Waals surface area contributed by atoms with Crippen LogP contribution in [0.1, 0.15) is 26.7 Å². The molecule has 0 fully saturated rings. The Balaban J connectivity index is 1.78. The molecule has 2 aromatic carbocycles. The Hall–Kier alpha value is -1.76. The Morgan fingerprint density at radius 3 is 2.43 bits per heavy atom. The van der Waals surface area contributed by atoms with Gasteiger partial charge in [-0.3, -0.25) is 8.88 Å². The lowest BCUT2D eigenvalue weighted by molar-refractivity contribution is -0.339. The van der Waals surface area contributed by atoms with Crippen LogP contribution >= 0.6 is 15.6 Å². The summed E-state index contributed by atoms with van der Waals surface area (Å²) < 4.78 is 29.2. The molecule has 0 saturated heterocycles. The fourth-order valence-electron chi connectivity index (χ4n) is 2.75. The fraction of sp³-hybridized carbons (Fsp3) is 0.300. The summed E-state index contributed by atoms with van der Waals surface area (Å²) in [7, 11) is -10.8. The Bertz CT molecular complexity index is 1010. The predicted molar refractivity (Wildman–Crippen MR) is 111 cm³/mol. The Labute approximate surface area is 176 Å². The Kier molecular flexibility index (Phi) is 9.01. The standard InChI is InChI=1S/C20H27NO7P2/c1-16(13-14-27-30(25,26)28-29(22,23)24)7-5-8-17(2)15-21-20-12-6-10-18-9-3-4-11-19(18)20/h3-4,6,8-13,21H,5,7,14-15H2,1-2H3,(H,25,26)(H2,22,23,24)/p-3/b16-13+,17-8+. The van der Waals surface area contributed by atoms with E-state index < -0.39 is 22.3 Å². The van der Waals surface area contributed by atoms with Crippen molar-refractivity contribution in [2.75, 3.05) is 18.5 Å². The number of fused-ring (bicyclic) bond motifs is 1. The molecule has 164 valence electrons. The average Bonchev–Trinajstić information content (AvgIpc) is 2.64. The molecule has 30 heavy (non-hydrogen) atoms.